The molecular formula is C6H8SeSn2. The monoisotopic (exact) mass is 400 g/mol. The quantitative estimate of drug-likeness (QED) is 0.592. The molecule has 0 aliphatic heterocycles. The van der Waals surface area contributed by atoms with Crippen molar-refractivity contribution < 1.29 is 0 Å². The molecule has 0 unspecified atom stereocenters. The van der Waals surface area contributed by atoms with Crippen LogP contribution in [0.4, 0.5) is 0 Å². The van der Waals surface area contributed by atoms with Crippen molar-refractivity contribution in [3.05, 3.63) is 12.1 Å². The Morgan fingerprint density at radius 2 is 1.56 bits per heavy atom. The summed E-state index contributed by atoms with van der Waals surface area (Å²) in [5, 5.41) is 0. The van der Waals surface area contributed by atoms with Gasteiger partial charge in [-0.05, 0) is 0 Å². The molecule has 0 nitrogen and oxygen atoms in total. The van der Waals surface area contributed by atoms with Gasteiger partial charge in [0, 0.05) is 0 Å². The summed E-state index contributed by atoms with van der Waals surface area (Å²) in [4.78, 5) is 4.85. The Morgan fingerprint density at radius 1 is 1.11 bits per heavy atom. The molecule has 0 fully saturated rings. The summed E-state index contributed by atoms with van der Waals surface area (Å²) in [6.07, 6.45) is 0. The van der Waals surface area contributed by atoms with Crippen molar-refractivity contribution in [2.24, 2.45) is 0 Å². The van der Waals surface area contributed by atoms with Crippen LogP contribution in [0.25, 0.3) is 0 Å². The van der Waals surface area contributed by atoms with Gasteiger partial charge in [-0.25, -0.2) is 0 Å². The van der Waals surface area contributed by atoms with Gasteiger partial charge >= 0.3 is 83.7 Å². The molecule has 1 aromatic rings. The van der Waals surface area contributed by atoms with Gasteiger partial charge in [0.1, 0.15) is 0 Å². The summed E-state index contributed by atoms with van der Waals surface area (Å²) in [6.45, 7) is 0. The molecule has 0 aromatic carbocycles. The third-order valence-corrected chi connectivity index (χ3v) is 15.1. The van der Waals surface area contributed by atoms with Crippen molar-refractivity contribution in [2.45, 2.75) is 9.88 Å². The zero-order valence-electron chi connectivity index (χ0n) is 5.56. The molecule has 1 rings (SSSR count). The van der Waals surface area contributed by atoms with Gasteiger partial charge in [0.25, 0.3) is 0 Å². The van der Waals surface area contributed by atoms with E-state index in [0.717, 1.165) is 14.5 Å². The molecule has 1 heterocycles. The van der Waals surface area contributed by atoms with E-state index in [2.05, 4.69) is 22.0 Å². The van der Waals surface area contributed by atoms with Crippen molar-refractivity contribution in [2.75, 3.05) is 0 Å². The first-order chi connectivity index (χ1) is 4.36. The van der Waals surface area contributed by atoms with Crippen LogP contribution in [-0.2, 0) is 0 Å². The number of rotatable bonds is 2. The average molecular weight is 397 g/mol. The predicted octanol–water partition coefficient (Wildman–Crippen LogP) is -0.501. The van der Waals surface area contributed by atoms with Crippen LogP contribution in [0.15, 0.2) is 12.1 Å². The SMILES string of the molecule is [CH3][Sn][c]1cc[c]([Sn][CH3])[se]1. The molecule has 0 atom stereocenters. The molecule has 3 heteroatoms. The summed E-state index contributed by atoms with van der Waals surface area (Å²) < 4.78 is 3.73. The second-order valence-electron chi connectivity index (χ2n) is 1.66. The van der Waals surface area contributed by atoms with E-state index >= 15 is 0 Å². The normalized spacial score (nSPS) is 10.0. The van der Waals surface area contributed by atoms with Crippen LogP contribution in [0.2, 0.25) is 9.88 Å². The summed E-state index contributed by atoms with van der Waals surface area (Å²) in [5.74, 6) is 0. The second-order valence-corrected chi connectivity index (χ2v) is 14.5. The van der Waals surface area contributed by atoms with Crippen LogP contribution in [0.3, 0.4) is 0 Å². The van der Waals surface area contributed by atoms with E-state index in [0.29, 0.717) is 0 Å². The van der Waals surface area contributed by atoms with Crippen LogP contribution >= 0.6 is 0 Å². The van der Waals surface area contributed by atoms with E-state index in [1.165, 1.54) is 0 Å². The molecule has 0 amide bonds. The molecule has 46 valence electrons. The minimum atomic E-state index is -0.0250. The second kappa shape index (κ2) is 4.47. The van der Waals surface area contributed by atoms with Gasteiger partial charge in [-0.2, -0.15) is 0 Å². The van der Waals surface area contributed by atoms with Crippen LogP contribution in [0.1, 0.15) is 0 Å². The molecule has 0 saturated carbocycles. The summed E-state index contributed by atoms with van der Waals surface area (Å²) >= 11 is 0.827. The van der Waals surface area contributed by atoms with Crippen LogP contribution in [0.5, 0.6) is 0 Å². The van der Waals surface area contributed by atoms with E-state index in [9.17, 15) is 0 Å². The Hall–Kier alpha value is 1.60. The minimum absolute atomic E-state index is 0.0250. The average Bonchev–Trinajstić information content (AvgIpc) is 2.34. The molecule has 1 aromatic heterocycles. The molecule has 4 radical (unpaired) electrons. The Labute approximate surface area is 82.6 Å². The maximum absolute atomic E-state index is 2.43. The maximum atomic E-state index is 2.43. The van der Waals surface area contributed by atoms with Gasteiger partial charge in [-0.1, -0.05) is 0 Å². The standard InChI is InChI=1S/C4H2Se.2CH3.2Sn/c1-2-4-5-3-1;;;;/h1-2H;2*1H3;;. The molecule has 0 bridgehead atoms. The van der Waals surface area contributed by atoms with Crippen LogP contribution < -0.4 is 4.91 Å². The van der Waals surface area contributed by atoms with Crippen molar-refractivity contribution in [3.8, 4) is 0 Å². The topological polar surface area (TPSA) is 0 Å². The Balaban J connectivity index is 2.74. The Bertz CT molecular complexity index is 164. The first-order valence-electron chi connectivity index (χ1n) is 2.82. The van der Waals surface area contributed by atoms with Crippen LogP contribution in [0, 0.1) is 0 Å². The van der Waals surface area contributed by atoms with Gasteiger partial charge in [0.05, 0.1) is 0 Å². The molecule has 0 N–H and O–H groups in total. The van der Waals surface area contributed by atoms with Gasteiger partial charge in [-0.15, -0.1) is 0 Å². The third kappa shape index (κ3) is 2.60. The Kier molecular flexibility index (Phi) is 4.32. The number of hydrogen-bond acceptors (Lipinski definition) is 0. The summed E-state index contributed by atoms with van der Waals surface area (Å²) in [7, 11) is 0. The van der Waals surface area contributed by atoms with E-state index in [4.69, 9.17) is 0 Å². The fourth-order valence-corrected chi connectivity index (χ4v) is 14.1. The molecule has 0 saturated heterocycles. The number of hydrogen-bond donors (Lipinski definition) is 0. The van der Waals surface area contributed by atoms with Crippen molar-refractivity contribution in [1.29, 1.82) is 0 Å². The summed E-state index contributed by atoms with van der Waals surface area (Å²) in [5.41, 5.74) is 0. The first kappa shape index (κ1) is 8.69. The van der Waals surface area contributed by atoms with Crippen LogP contribution in [-0.4, -0.2) is 56.8 Å². The predicted molar refractivity (Wildman–Crippen MR) is 45.9 cm³/mol. The van der Waals surface area contributed by atoms with Crippen molar-refractivity contribution in [1.82, 2.24) is 0 Å². The molecule has 0 aliphatic rings. The van der Waals surface area contributed by atoms with E-state index in [-0.39, 0.29) is 42.3 Å². The van der Waals surface area contributed by atoms with E-state index in [1.54, 1.807) is 0 Å². The summed E-state index contributed by atoms with van der Waals surface area (Å²) in [6, 6.07) is 4.82. The molecule has 0 aliphatic carbocycles. The third-order valence-electron chi connectivity index (χ3n) is 1.10. The fraction of sp³-hybridized carbons (Fsp3) is 0.333. The van der Waals surface area contributed by atoms with E-state index in [1.807, 2.05) is 4.91 Å². The zero-order chi connectivity index (χ0) is 6.69. The first-order valence-corrected chi connectivity index (χ1v) is 13.1. The van der Waals surface area contributed by atoms with E-state index < -0.39 is 0 Å². The molecule has 0 spiro atoms. The Morgan fingerprint density at radius 3 is 1.78 bits per heavy atom. The van der Waals surface area contributed by atoms with Gasteiger partial charge in [0.2, 0.25) is 0 Å². The van der Waals surface area contributed by atoms with Gasteiger partial charge < -0.3 is 0 Å². The van der Waals surface area contributed by atoms with Gasteiger partial charge in [-0.3, -0.25) is 0 Å². The van der Waals surface area contributed by atoms with Crippen molar-refractivity contribution in [3.63, 3.8) is 0 Å². The molecule has 9 heavy (non-hydrogen) atoms. The molecular weight excluding hydrogens is 388 g/mol. The van der Waals surface area contributed by atoms with Crippen molar-refractivity contribution >= 4 is 61.7 Å². The van der Waals surface area contributed by atoms with Gasteiger partial charge in [0.15, 0.2) is 0 Å². The fourth-order valence-electron chi connectivity index (χ4n) is 0.607. The zero-order valence-corrected chi connectivity index (χ0v) is 13.0.